The first-order valence-electron chi connectivity index (χ1n) is 8.79. The van der Waals surface area contributed by atoms with Crippen molar-refractivity contribution < 1.29 is 14.3 Å². The number of esters is 1. The molecule has 1 amide bonds. The first-order chi connectivity index (χ1) is 12.4. The van der Waals surface area contributed by atoms with Crippen molar-refractivity contribution in [3.8, 4) is 0 Å². The molecule has 0 spiro atoms. The number of ether oxygens (including phenoxy) is 1. The van der Waals surface area contributed by atoms with E-state index >= 15 is 0 Å². The van der Waals surface area contributed by atoms with Crippen LogP contribution in [0.5, 0.6) is 0 Å². The molecule has 0 saturated heterocycles. The predicted molar refractivity (Wildman–Crippen MR) is 105 cm³/mol. The van der Waals surface area contributed by atoms with Crippen LogP contribution in [0.1, 0.15) is 40.4 Å². The van der Waals surface area contributed by atoms with E-state index in [0.717, 1.165) is 23.2 Å². The maximum absolute atomic E-state index is 12.2. The topological polar surface area (TPSA) is 67.4 Å². The second-order valence-corrected chi connectivity index (χ2v) is 6.39. The van der Waals surface area contributed by atoms with E-state index in [2.05, 4.69) is 29.7 Å². The number of aryl methyl sites for hydroxylation is 3. The normalized spacial score (nSPS) is 10.3. The van der Waals surface area contributed by atoms with Crippen molar-refractivity contribution in [2.24, 2.45) is 0 Å². The van der Waals surface area contributed by atoms with Crippen molar-refractivity contribution in [2.45, 2.75) is 34.1 Å². The van der Waals surface area contributed by atoms with Crippen LogP contribution < -0.4 is 10.6 Å². The highest BCUT2D eigenvalue weighted by molar-refractivity contribution is 5.95. The van der Waals surface area contributed by atoms with Crippen LogP contribution >= 0.6 is 0 Å². The number of hydrogen-bond donors (Lipinski definition) is 2. The zero-order valence-electron chi connectivity index (χ0n) is 15.8. The molecule has 2 aromatic rings. The highest BCUT2D eigenvalue weighted by Gasteiger charge is 2.09. The van der Waals surface area contributed by atoms with Gasteiger partial charge in [-0.25, -0.2) is 4.79 Å². The summed E-state index contributed by atoms with van der Waals surface area (Å²) >= 11 is 0. The molecule has 0 atom stereocenters. The van der Waals surface area contributed by atoms with Crippen molar-refractivity contribution in [1.82, 2.24) is 0 Å². The maximum atomic E-state index is 12.2. The van der Waals surface area contributed by atoms with Crippen molar-refractivity contribution in [3.05, 3.63) is 58.7 Å². The lowest BCUT2D eigenvalue weighted by Gasteiger charge is -2.14. The monoisotopic (exact) mass is 354 g/mol. The van der Waals surface area contributed by atoms with E-state index in [1.165, 1.54) is 5.56 Å². The van der Waals surface area contributed by atoms with Gasteiger partial charge in [-0.15, -0.1) is 0 Å². The van der Waals surface area contributed by atoms with Crippen LogP contribution in [0.25, 0.3) is 0 Å². The summed E-state index contributed by atoms with van der Waals surface area (Å²) in [5, 5.41) is 6.01. The zero-order chi connectivity index (χ0) is 19.1. The SMILES string of the molecule is CCCOC(=O)c1ccc(NC(=O)CNc2c(C)cc(C)cc2C)cc1. The highest BCUT2D eigenvalue weighted by atomic mass is 16.5. The number of anilines is 2. The van der Waals surface area contributed by atoms with Crippen LogP contribution in [0.2, 0.25) is 0 Å². The number of carbonyl (C=O) groups is 2. The Morgan fingerprint density at radius 3 is 2.19 bits per heavy atom. The number of benzene rings is 2. The number of rotatable bonds is 7. The molecule has 5 nitrogen and oxygen atoms in total. The lowest BCUT2D eigenvalue weighted by Crippen LogP contribution is -2.22. The third-order valence-corrected chi connectivity index (χ3v) is 3.94. The second kappa shape index (κ2) is 9.04. The van der Waals surface area contributed by atoms with E-state index in [4.69, 9.17) is 4.74 Å². The van der Waals surface area contributed by atoms with Gasteiger partial charge in [0.05, 0.1) is 18.7 Å². The fraction of sp³-hybridized carbons (Fsp3) is 0.333. The van der Waals surface area contributed by atoms with Crippen LogP contribution in [0.3, 0.4) is 0 Å². The molecule has 0 heterocycles. The molecule has 0 saturated carbocycles. The molecule has 0 aromatic heterocycles. The Hall–Kier alpha value is -2.82. The number of amides is 1. The summed E-state index contributed by atoms with van der Waals surface area (Å²) in [6.45, 7) is 8.62. The van der Waals surface area contributed by atoms with E-state index in [1.807, 2.05) is 20.8 Å². The van der Waals surface area contributed by atoms with E-state index < -0.39 is 0 Å². The third kappa shape index (κ3) is 5.34. The van der Waals surface area contributed by atoms with E-state index in [1.54, 1.807) is 24.3 Å². The van der Waals surface area contributed by atoms with Crippen LogP contribution in [0.15, 0.2) is 36.4 Å². The number of carbonyl (C=O) groups excluding carboxylic acids is 2. The smallest absolute Gasteiger partial charge is 0.338 e. The largest absolute Gasteiger partial charge is 0.462 e. The standard InChI is InChI=1S/C21H26N2O3/c1-5-10-26-21(25)17-6-8-18(9-7-17)23-19(24)13-22-20-15(3)11-14(2)12-16(20)4/h6-9,11-12,22H,5,10,13H2,1-4H3,(H,23,24). The van der Waals surface area contributed by atoms with Crippen LogP contribution in [-0.2, 0) is 9.53 Å². The summed E-state index contributed by atoms with van der Waals surface area (Å²) in [7, 11) is 0. The van der Waals surface area contributed by atoms with Gasteiger partial charge >= 0.3 is 5.97 Å². The lowest BCUT2D eigenvalue weighted by atomic mass is 10.1. The summed E-state index contributed by atoms with van der Waals surface area (Å²) in [5.41, 5.74) is 5.53. The van der Waals surface area contributed by atoms with Crippen LogP contribution in [0, 0.1) is 20.8 Å². The molecule has 0 unspecified atom stereocenters. The molecule has 2 N–H and O–H groups in total. The summed E-state index contributed by atoms with van der Waals surface area (Å²) in [6, 6.07) is 10.9. The number of hydrogen-bond acceptors (Lipinski definition) is 4. The first kappa shape index (κ1) is 19.5. The van der Waals surface area contributed by atoms with Crippen LogP contribution in [0.4, 0.5) is 11.4 Å². The summed E-state index contributed by atoms with van der Waals surface area (Å²) < 4.78 is 5.08. The molecule has 0 radical (unpaired) electrons. The average Bonchev–Trinajstić information content (AvgIpc) is 2.59. The van der Waals surface area contributed by atoms with E-state index in [0.29, 0.717) is 17.9 Å². The number of nitrogens with one attached hydrogen (secondary N) is 2. The third-order valence-electron chi connectivity index (χ3n) is 3.94. The lowest BCUT2D eigenvalue weighted by molar-refractivity contribution is -0.114. The minimum atomic E-state index is -0.350. The quantitative estimate of drug-likeness (QED) is 0.730. The van der Waals surface area contributed by atoms with Crippen molar-refractivity contribution in [1.29, 1.82) is 0 Å². The van der Waals surface area contributed by atoms with Gasteiger partial charge < -0.3 is 15.4 Å². The van der Waals surface area contributed by atoms with Gasteiger partial charge in [0.2, 0.25) is 5.91 Å². The Bertz CT molecular complexity index is 759. The molecule has 2 aromatic carbocycles. The molecule has 0 aliphatic carbocycles. The first-order valence-corrected chi connectivity index (χ1v) is 8.79. The summed E-state index contributed by atoms with van der Waals surface area (Å²) in [6.07, 6.45) is 0.785. The average molecular weight is 354 g/mol. The van der Waals surface area contributed by atoms with Crippen molar-refractivity contribution in [2.75, 3.05) is 23.8 Å². The minimum absolute atomic E-state index is 0.148. The highest BCUT2D eigenvalue weighted by Crippen LogP contribution is 2.21. The fourth-order valence-corrected chi connectivity index (χ4v) is 2.80. The van der Waals surface area contributed by atoms with Crippen molar-refractivity contribution in [3.63, 3.8) is 0 Å². The van der Waals surface area contributed by atoms with Gasteiger partial charge in [0.25, 0.3) is 0 Å². The molecular formula is C21H26N2O3. The molecule has 0 fully saturated rings. The Balaban J connectivity index is 1.91. The summed E-state index contributed by atoms with van der Waals surface area (Å²) in [4.78, 5) is 23.9. The Morgan fingerprint density at radius 1 is 1.00 bits per heavy atom. The van der Waals surface area contributed by atoms with E-state index in [-0.39, 0.29) is 18.4 Å². The van der Waals surface area contributed by atoms with Gasteiger partial charge in [-0.05, 0) is 62.6 Å². The molecule has 0 aliphatic rings. The van der Waals surface area contributed by atoms with Gasteiger partial charge in [-0.1, -0.05) is 24.6 Å². The van der Waals surface area contributed by atoms with Gasteiger partial charge in [-0.2, -0.15) is 0 Å². The zero-order valence-corrected chi connectivity index (χ0v) is 15.8. The minimum Gasteiger partial charge on any atom is -0.462 e. The van der Waals surface area contributed by atoms with Gasteiger partial charge in [0, 0.05) is 11.4 Å². The van der Waals surface area contributed by atoms with Gasteiger partial charge in [0.15, 0.2) is 0 Å². The molecule has 5 heteroatoms. The van der Waals surface area contributed by atoms with Crippen molar-refractivity contribution >= 4 is 23.3 Å². The molecule has 26 heavy (non-hydrogen) atoms. The van der Waals surface area contributed by atoms with Gasteiger partial charge in [-0.3, -0.25) is 4.79 Å². The van der Waals surface area contributed by atoms with E-state index in [9.17, 15) is 9.59 Å². The predicted octanol–water partition coefficient (Wildman–Crippen LogP) is 4.23. The molecule has 0 bridgehead atoms. The Morgan fingerprint density at radius 2 is 1.62 bits per heavy atom. The molecule has 0 aliphatic heterocycles. The Kier molecular flexibility index (Phi) is 6.78. The van der Waals surface area contributed by atoms with Gasteiger partial charge in [0.1, 0.15) is 0 Å². The molecule has 138 valence electrons. The molecular weight excluding hydrogens is 328 g/mol. The van der Waals surface area contributed by atoms with Crippen LogP contribution in [-0.4, -0.2) is 25.0 Å². The second-order valence-electron chi connectivity index (χ2n) is 6.39. The maximum Gasteiger partial charge on any atom is 0.338 e. The summed E-state index contributed by atoms with van der Waals surface area (Å²) in [5.74, 6) is -0.498. The molecule has 2 rings (SSSR count). The fourth-order valence-electron chi connectivity index (χ4n) is 2.80. The Labute approximate surface area is 154 Å².